The molecule has 0 heterocycles. The van der Waals surface area contributed by atoms with Crippen LogP contribution in [0.25, 0.3) is 0 Å². The van der Waals surface area contributed by atoms with Gasteiger partial charge in [0.25, 0.3) is 15.7 Å². The van der Waals surface area contributed by atoms with Crippen molar-refractivity contribution in [3.05, 3.63) is 93.0 Å². The number of carbonyl (C=O) groups is 2. The Bertz CT molecular complexity index is 1610. The number of nitro groups is 1. The van der Waals surface area contributed by atoms with Crippen LogP contribution in [0.5, 0.6) is 5.75 Å². The van der Waals surface area contributed by atoms with Crippen LogP contribution in [-0.2, 0) is 26.2 Å². The molecule has 230 valence electrons. The summed E-state index contributed by atoms with van der Waals surface area (Å²) in [6.45, 7) is 7.66. The highest BCUT2D eigenvalue weighted by molar-refractivity contribution is 7.92. The Labute approximate surface area is 256 Å². The van der Waals surface area contributed by atoms with Gasteiger partial charge in [-0.25, -0.2) is 8.42 Å². The van der Waals surface area contributed by atoms with E-state index in [0.29, 0.717) is 16.3 Å². The molecule has 0 aliphatic rings. The average molecular weight is 631 g/mol. The number of rotatable bonds is 11. The molecule has 3 aromatic rings. The second-order valence-corrected chi connectivity index (χ2v) is 13.2. The molecule has 0 fully saturated rings. The summed E-state index contributed by atoms with van der Waals surface area (Å²) < 4.78 is 34.1. The van der Waals surface area contributed by atoms with Crippen molar-refractivity contribution in [3.63, 3.8) is 0 Å². The van der Waals surface area contributed by atoms with Crippen LogP contribution in [0.4, 0.5) is 11.4 Å². The van der Waals surface area contributed by atoms with Gasteiger partial charge in [-0.1, -0.05) is 35.9 Å². The Kier molecular flexibility index (Phi) is 10.4. The van der Waals surface area contributed by atoms with Crippen molar-refractivity contribution in [2.24, 2.45) is 0 Å². The Morgan fingerprint density at radius 2 is 1.70 bits per heavy atom. The van der Waals surface area contributed by atoms with Crippen molar-refractivity contribution in [1.29, 1.82) is 0 Å². The number of aryl methyl sites for hydroxylation is 1. The van der Waals surface area contributed by atoms with Gasteiger partial charge in [-0.3, -0.25) is 24.0 Å². The molecule has 3 rings (SSSR count). The lowest BCUT2D eigenvalue weighted by Gasteiger charge is -2.33. The number of carbonyl (C=O) groups excluding carboxylic acids is 2. The minimum Gasteiger partial charge on any atom is -0.497 e. The van der Waals surface area contributed by atoms with Crippen LogP contribution in [0.1, 0.15) is 38.8 Å². The number of benzene rings is 3. The summed E-state index contributed by atoms with van der Waals surface area (Å²) >= 11 is 6.39. The molecule has 0 saturated carbocycles. The van der Waals surface area contributed by atoms with Gasteiger partial charge in [0.1, 0.15) is 18.3 Å². The van der Waals surface area contributed by atoms with E-state index >= 15 is 0 Å². The number of ether oxygens (including phenoxy) is 1. The number of sulfonamides is 1. The summed E-state index contributed by atoms with van der Waals surface area (Å²) in [5, 5.41) is 14.8. The maximum Gasteiger partial charge on any atom is 0.273 e. The SMILES string of the molecule is COc1ccc(N(CC(=O)N(Cc2ccccc2Cl)C(C)C(=O)NC(C)(C)C)S(=O)(=O)c2ccc(C)c([N+](=O)[O-])c2)cc1. The molecule has 1 N–H and O–H groups in total. The summed E-state index contributed by atoms with van der Waals surface area (Å²) in [6.07, 6.45) is 0. The third-order valence-electron chi connectivity index (χ3n) is 6.57. The molecule has 2 amide bonds. The normalized spacial score (nSPS) is 12.3. The predicted octanol–water partition coefficient (Wildman–Crippen LogP) is 5.09. The van der Waals surface area contributed by atoms with Crippen molar-refractivity contribution in [2.45, 2.75) is 57.6 Å². The number of nitro benzene ring substituents is 1. The van der Waals surface area contributed by atoms with E-state index in [2.05, 4.69) is 5.32 Å². The number of nitrogens with one attached hydrogen (secondary N) is 1. The maximum absolute atomic E-state index is 14.0. The molecule has 0 aliphatic heterocycles. The molecule has 3 aromatic carbocycles. The van der Waals surface area contributed by atoms with Crippen LogP contribution in [-0.4, -0.2) is 55.3 Å². The smallest absolute Gasteiger partial charge is 0.273 e. The Hall–Kier alpha value is -4.16. The first-order valence-electron chi connectivity index (χ1n) is 13.3. The third kappa shape index (κ3) is 8.23. The van der Waals surface area contributed by atoms with E-state index in [0.717, 1.165) is 10.4 Å². The fourth-order valence-electron chi connectivity index (χ4n) is 4.22. The Balaban J connectivity index is 2.11. The molecular formula is C30H35ClN4O7S. The second-order valence-electron chi connectivity index (χ2n) is 10.9. The van der Waals surface area contributed by atoms with Crippen molar-refractivity contribution >= 4 is 44.8 Å². The lowest BCUT2D eigenvalue weighted by molar-refractivity contribution is -0.385. The first kappa shape index (κ1) is 33.3. The lowest BCUT2D eigenvalue weighted by Crippen LogP contribution is -2.54. The highest BCUT2D eigenvalue weighted by atomic mass is 35.5. The summed E-state index contributed by atoms with van der Waals surface area (Å²) in [5.74, 6) is -0.690. The van der Waals surface area contributed by atoms with Crippen molar-refractivity contribution in [2.75, 3.05) is 18.0 Å². The van der Waals surface area contributed by atoms with Crippen LogP contribution in [0.3, 0.4) is 0 Å². The van der Waals surface area contributed by atoms with Crippen molar-refractivity contribution in [1.82, 2.24) is 10.2 Å². The van der Waals surface area contributed by atoms with Crippen LogP contribution < -0.4 is 14.4 Å². The largest absolute Gasteiger partial charge is 0.497 e. The summed E-state index contributed by atoms with van der Waals surface area (Å²) in [4.78, 5) is 39.1. The summed E-state index contributed by atoms with van der Waals surface area (Å²) in [7, 11) is -3.06. The maximum atomic E-state index is 14.0. The standard InChI is InChI=1S/C30H35ClN4O7S/c1-20-11-16-25(17-27(20)35(38)39)43(40,41)34(23-12-14-24(42-6)15-13-23)19-28(36)33(18-22-9-7-8-10-26(22)31)21(2)29(37)32-30(3,4)5/h7-17,21H,18-19H2,1-6H3,(H,32,37). The van der Waals surface area contributed by atoms with Gasteiger partial charge < -0.3 is 15.0 Å². The molecule has 0 bridgehead atoms. The average Bonchev–Trinajstić information content (AvgIpc) is 2.94. The molecule has 11 nitrogen and oxygen atoms in total. The number of nitrogens with zero attached hydrogens (tertiary/aromatic N) is 3. The number of halogens is 1. The van der Waals surface area contributed by atoms with Crippen LogP contribution in [0, 0.1) is 17.0 Å². The monoisotopic (exact) mass is 630 g/mol. The topological polar surface area (TPSA) is 139 Å². The molecule has 1 atom stereocenters. The van der Waals surface area contributed by atoms with Crippen LogP contribution in [0.2, 0.25) is 5.02 Å². The molecule has 0 aromatic heterocycles. The van der Waals surface area contributed by atoms with Gasteiger partial charge in [-0.15, -0.1) is 0 Å². The zero-order chi connectivity index (χ0) is 32.1. The van der Waals surface area contributed by atoms with Gasteiger partial charge >= 0.3 is 0 Å². The highest BCUT2D eigenvalue weighted by Crippen LogP contribution is 2.30. The molecular weight excluding hydrogens is 596 g/mol. The highest BCUT2D eigenvalue weighted by Gasteiger charge is 2.34. The van der Waals surface area contributed by atoms with Gasteiger partial charge in [0.05, 0.1) is 22.6 Å². The second kappa shape index (κ2) is 13.4. The lowest BCUT2D eigenvalue weighted by atomic mass is 10.1. The first-order valence-corrected chi connectivity index (χ1v) is 15.1. The van der Waals surface area contributed by atoms with Crippen LogP contribution in [0.15, 0.2) is 71.6 Å². The van der Waals surface area contributed by atoms with E-state index in [1.165, 1.54) is 55.3 Å². The fourth-order valence-corrected chi connectivity index (χ4v) is 5.85. The van der Waals surface area contributed by atoms with Crippen molar-refractivity contribution in [3.8, 4) is 5.75 Å². The minimum absolute atomic E-state index is 0.0796. The Morgan fingerprint density at radius 1 is 1.07 bits per heavy atom. The number of hydrogen-bond donors (Lipinski definition) is 1. The zero-order valence-electron chi connectivity index (χ0n) is 24.8. The van der Waals surface area contributed by atoms with E-state index in [9.17, 15) is 28.1 Å². The minimum atomic E-state index is -4.52. The summed E-state index contributed by atoms with van der Waals surface area (Å²) in [5.41, 5.74) is -0.0263. The molecule has 43 heavy (non-hydrogen) atoms. The molecule has 0 saturated heterocycles. The number of hydrogen-bond acceptors (Lipinski definition) is 7. The molecule has 0 spiro atoms. The molecule has 0 radical (unpaired) electrons. The predicted molar refractivity (Wildman–Crippen MR) is 165 cm³/mol. The quantitative estimate of drug-likeness (QED) is 0.230. The number of anilines is 1. The van der Waals surface area contributed by atoms with Crippen molar-refractivity contribution < 1.29 is 27.7 Å². The van der Waals surface area contributed by atoms with Gasteiger partial charge in [0.15, 0.2) is 0 Å². The van der Waals surface area contributed by atoms with E-state index < -0.39 is 44.9 Å². The van der Waals surface area contributed by atoms with Gasteiger partial charge in [0.2, 0.25) is 11.8 Å². The van der Waals surface area contributed by atoms with E-state index in [1.807, 2.05) is 0 Å². The van der Waals surface area contributed by atoms with E-state index in [4.69, 9.17) is 16.3 Å². The summed E-state index contributed by atoms with van der Waals surface area (Å²) in [6, 6.07) is 15.3. The Morgan fingerprint density at radius 3 is 2.26 bits per heavy atom. The van der Waals surface area contributed by atoms with Gasteiger partial charge in [-0.2, -0.15) is 0 Å². The van der Waals surface area contributed by atoms with Gasteiger partial charge in [0, 0.05) is 28.7 Å². The zero-order valence-corrected chi connectivity index (χ0v) is 26.4. The van der Waals surface area contributed by atoms with Gasteiger partial charge in [-0.05, 0) is 76.6 Å². The molecule has 13 heteroatoms. The third-order valence-corrected chi connectivity index (χ3v) is 8.71. The van der Waals surface area contributed by atoms with E-state index in [1.54, 1.807) is 52.0 Å². The molecule has 1 unspecified atom stereocenters. The number of methoxy groups -OCH3 is 1. The van der Waals surface area contributed by atoms with E-state index in [-0.39, 0.29) is 28.4 Å². The molecule has 0 aliphatic carbocycles. The fraction of sp³-hybridized carbons (Fsp3) is 0.333. The number of amides is 2. The first-order chi connectivity index (χ1) is 20.0. The van der Waals surface area contributed by atoms with Crippen LogP contribution >= 0.6 is 11.6 Å².